The van der Waals surface area contributed by atoms with Crippen LogP contribution >= 0.6 is 0 Å². The monoisotopic (exact) mass is 385 g/mol. The van der Waals surface area contributed by atoms with Crippen LogP contribution in [-0.2, 0) is 6.54 Å². The molecule has 0 saturated carbocycles. The Morgan fingerprint density at radius 3 is 2.14 bits per heavy atom. The fourth-order valence-corrected chi connectivity index (χ4v) is 3.55. The molecule has 0 bridgehead atoms. The van der Waals surface area contributed by atoms with Crippen LogP contribution in [0.15, 0.2) is 106 Å². The predicted octanol–water partition coefficient (Wildman–Crippen LogP) is 5.74. The van der Waals surface area contributed by atoms with Crippen LogP contribution in [0.5, 0.6) is 0 Å². The molecular weight excluding hydrogens is 362 g/mol. The molecule has 1 atom stereocenters. The highest BCUT2D eigenvalue weighted by atomic mass is 16.3. The summed E-state index contributed by atoms with van der Waals surface area (Å²) in [5.74, 6) is 1.23. The van der Waals surface area contributed by atoms with Gasteiger partial charge in [0, 0.05) is 19.0 Å². The second-order valence-electron chi connectivity index (χ2n) is 6.96. The first-order chi connectivity index (χ1) is 14.3. The second-order valence-corrected chi connectivity index (χ2v) is 6.96. The zero-order valence-electron chi connectivity index (χ0n) is 16.1. The minimum atomic E-state index is -0.106. The molecule has 1 amide bonds. The normalized spacial score (nSPS) is 11.9. The van der Waals surface area contributed by atoms with E-state index in [0.717, 1.165) is 17.7 Å². The number of nitrogens with zero attached hydrogens (tertiary/aromatic N) is 1. The van der Waals surface area contributed by atoms with E-state index in [4.69, 9.17) is 8.83 Å². The Morgan fingerprint density at radius 1 is 0.793 bits per heavy atom. The summed E-state index contributed by atoms with van der Waals surface area (Å²) >= 11 is 0. The summed E-state index contributed by atoms with van der Waals surface area (Å²) in [6.07, 6.45) is 3.97. The van der Waals surface area contributed by atoms with Gasteiger partial charge in [-0.05, 0) is 41.8 Å². The molecule has 2 aromatic carbocycles. The number of hydrogen-bond acceptors (Lipinski definition) is 3. The number of carbonyl (C=O) groups is 1. The molecule has 4 heteroatoms. The van der Waals surface area contributed by atoms with E-state index >= 15 is 0 Å². The van der Waals surface area contributed by atoms with Gasteiger partial charge in [-0.15, -0.1) is 0 Å². The highest BCUT2D eigenvalue weighted by Crippen LogP contribution is 2.29. The standard InChI is InChI=1S/C25H23NO3/c27-25(24-14-8-18-29-24)26(19-20-9-3-1-4-10-20)16-15-22(23-13-7-17-28-23)21-11-5-2-6-12-21/h1-14,17-18,22H,15-16,19H2/t22-/m1/s1. The zero-order chi connectivity index (χ0) is 19.9. The van der Waals surface area contributed by atoms with Crippen molar-refractivity contribution in [1.82, 2.24) is 4.90 Å². The third-order valence-corrected chi connectivity index (χ3v) is 5.01. The van der Waals surface area contributed by atoms with Crippen molar-refractivity contribution in [3.8, 4) is 0 Å². The largest absolute Gasteiger partial charge is 0.469 e. The molecule has 0 aliphatic carbocycles. The van der Waals surface area contributed by atoms with Crippen molar-refractivity contribution in [3.05, 3.63) is 120 Å². The van der Waals surface area contributed by atoms with Gasteiger partial charge in [0.15, 0.2) is 5.76 Å². The van der Waals surface area contributed by atoms with Crippen LogP contribution < -0.4 is 0 Å². The quantitative estimate of drug-likeness (QED) is 0.389. The Kier molecular flexibility index (Phi) is 5.91. The van der Waals surface area contributed by atoms with Crippen molar-refractivity contribution in [2.45, 2.75) is 18.9 Å². The number of rotatable bonds is 8. The van der Waals surface area contributed by atoms with Crippen LogP contribution in [-0.4, -0.2) is 17.4 Å². The third kappa shape index (κ3) is 4.66. The van der Waals surface area contributed by atoms with Crippen LogP contribution in [0.2, 0.25) is 0 Å². The average Bonchev–Trinajstić information content (AvgIpc) is 3.49. The molecule has 0 radical (unpaired) electrons. The van der Waals surface area contributed by atoms with Gasteiger partial charge in [-0.25, -0.2) is 0 Å². The van der Waals surface area contributed by atoms with Crippen LogP contribution in [0, 0.1) is 0 Å². The third-order valence-electron chi connectivity index (χ3n) is 5.01. The van der Waals surface area contributed by atoms with Gasteiger partial charge >= 0.3 is 0 Å². The first kappa shape index (κ1) is 18.8. The highest BCUT2D eigenvalue weighted by Gasteiger charge is 2.23. The van der Waals surface area contributed by atoms with Gasteiger partial charge in [0.2, 0.25) is 0 Å². The average molecular weight is 385 g/mol. The lowest BCUT2D eigenvalue weighted by Crippen LogP contribution is -2.32. The van der Waals surface area contributed by atoms with Crippen molar-refractivity contribution in [3.63, 3.8) is 0 Å². The SMILES string of the molecule is O=C(c1ccco1)N(CC[C@H](c1ccccc1)c1ccco1)Cc1ccccc1. The van der Waals surface area contributed by atoms with Crippen molar-refractivity contribution in [1.29, 1.82) is 0 Å². The predicted molar refractivity (Wildman–Crippen MR) is 112 cm³/mol. The molecule has 0 N–H and O–H groups in total. The second kappa shape index (κ2) is 9.11. The van der Waals surface area contributed by atoms with E-state index in [9.17, 15) is 4.79 Å². The number of furan rings is 2. The maximum absolute atomic E-state index is 13.1. The molecule has 4 aromatic rings. The fraction of sp³-hybridized carbons (Fsp3) is 0.160. The van der Waals surface area contributed by atoms with Gasteiger partial charge < -0.3 is 13.7 Å². The van der Waals surface area contributed by atoms with Crippen LogP contribution in [0.3, 0.4) is 0 Å². The van der Waals surface area contributed by atoms with Crippen molar-refractivity contribution in [2.75, 3.05) is 6.54 Å². The summed E-state index contributed by atoms with van der Waals surface area (Å²) < 4.78 is 11.1. The first-order valence-electron chi connectivity index (χ1n) is 9.76. The minimum absolute atomic E-state index is 0.0777. The molecule has 4 nitrogen and oxygen atoms in total. The fourth-order valence-electron chi connectivity index (χ4n) is 3.55. The van der Waals surface area contributed by atoms with Gasteiger partial charge in [-0.3, -0.25) is 4.79 Å². The topological polar surface area (TPSA) is 46.6 Å². The molecule has 29 heavy (non-hydrogen) atoms. The van der Waals surface area contributed by atoms with Gasteiger partial charge in [0.1, 0.15) is 5.76 Å². The van der Waals surface area contributed by atoms with Crippen molar-refractivity contribution < 1.29 is 13.6 Å². The number of hydrogen-bond donors (Lipinski definition) is 0. The summed E-state index contributed by atoms with van der Waals surface area (Å²) in [7, 11) is 0. The molecule has 4 rings (SSSR count). The molecule has 2 aromatic heterocycles. The Balaban J connectivity index is 1.56. The lowest BCUT2D eigenvalue weighted by atomic mass is 9.93. The van der Waals surface area contributed by atoms with Crippen LogP contribution in [0.4, 0.5) is 0 Å². The van der Waals surface area contributed by atoms with Crippen molar-refractivity contribution in [2.24, 2.45) is 0 Å². The Hall–Kier alpha value is -3.53. The van der Waals surface area contributed by atoms with E-state index in [-0.39, 0.29) is 11.8 Å². The van der Waals surface area contributed by atoms with Gasteiger partial charge in [0.25, 0.3) is 5.91 Å². The van der Waals surface area contributed by atoms with E-state index < -0.39 is 0 Å². The van der Waals surface area contributed by atoms with E-state index in [0.29, 0.717) is 18.8 Å². The summed E-state index contributed by atoms with van der Waals surface area (Å²) in [5, 5.41) is 0. The molecule has 0 spiro atoms. The van der Waals surface area contributed by atoms with Gasteiger partial charge in [-0.2, -0.15) is 0 Å². The Bertz CT molecular complexity index is 993. The summed E-state index contributed by atoms with van der Waals surface area (Å²) in [6.45, 7) is 1.11. The van der Waals surface area contributed by atoms with E-state index in [2.05, 4.69) is 12.1 Å². The van der Waals surface area contributed by atoms with Gasteiger partial charge in [0.05, 0.1) is 12.5 Å². The van der Waals surface area contributed by atoms with Gasteiger partial charge in [-0.1, -0.05) is 60.7 Å². The lowest BCUT2D eigenvalue weighted by Gasteiger charge is -2.24. The van der Waals surface area contributed by atoms with E-state index in [1.165, 1.54) is 11.8 Å². The molecule has 0 unspecified atom stereocenters. The minimum Gasteiger partial charge on any atom is -0.469 e. The molecule has 0 saturated heterocycles. The maximum Gasteiger partial charge on any atom is 0.289 e. The maximum atomic E-state index is 13.1. The lowest BCUT2D eigenvalue weighted by molar-refractivity contribution is 0.0706. The molecule has 0 fully saturated rings. The molecule has 0 aliphatic heterocycles. The van der Waals surface area contributed by atoms with E-state index in [1.54, 1.807) is 18.4 Å². The summed E-state index contributed by atoms with van der Waals surface area (Å²) in [6, 6.07) is 27.6. The Labute approximate surface area is 170 Å². The first-order valence-corrected chi connectivity index (χ1v) is 9.76. The van der Waals surface area contributed by atoms with Crippen LogP contribution in [0.25, 0.3) is 0 Å². The molecule has 2 heterocycles. The van der Waals surface area contributed by atoms with E-state index in [1.807, 2.05) is 65.6 Å². The molecule has 146 valence electrons. The smallest absolute Gasteiger partial charge is 0.289 e. The molecule has 0 aliphatic rings. The zero-order valence-corrected chi connectivity index (χ0v) is 16.1. The Morgan fingerprint density at radius 2 is 1.48 bits per heavy atom. The van der Waals surface area contributed by atoms with Crippen LogP contribution in [0.1, 0.15) is 39.8 Å². The highest BCUT2D eigenvalue weighted by molar-refractivity contribution is 5.91. The van der Waals surface area contributed by atoms with Crippen molar-refractivity contribution >= 4 is 5.91 Å². The summed E-state index contributed by atoms with van der Waals surface area (Å²) in [4.78, 5) is 14.9. The number of amides is 1. The molecular formula is C25H23NO3. The number of benzene rings is 2. The number of carbonyl (C=O) groups excluding carboxylic acids is 1. The summed E-state index contributed by atoms with van der Waals surface area (Å²) in [5.41, 5.74) is 2.26.